The molecule has 3 N–H and O–H groups in total. The Balaban J connectivity index is 2.91. The van der Waals surface area contributed by atoms with Gasteiger partial charge in [0.2, 0.25) is 0 Å². The van der Waals surface area contributed by atoms with Gasteiger partial charge in [0.1, 0.15) is 0 Å². The second kappa shape index (κ2) is 5.24. The molecule has 0 saturated carbocycles. The third-order valence-corrected chi connectivity index (χ3v) is 1.86. The molecule has 76 valence electrons. The molecule has 0 atom stereocenters. The fourth-order valence-electron chi connectivity index (χ4n) is 1.16. The van der Waals surface area contributed by atoms with Crippen LogP contribution < -0.4 is 5.73 Å². The number of hydrogen-bond acceptors (Lipinski definition) is 3. The lowest BCUT2D eigenvalue weighted by atomic mass is 10.1. The van der Waals surface area contributed by atoms with Gasteiger partial charge in [-0.15, -0.1) is 0 Å². The van der Waals surface area contributed by atoms with Crippen LogP contribution in [0.3, 0.4) is 0 Å². The Morgan fingerprint density at radius 3 is 2.86 bits per heavy atom. The van der Waals surface area contributed by atoms with E-state index in [9.17, 15) is 0 Å². The molecule has 14 heavy (non-hydrogen) atoms. The SMILES string of the molecule is CCOCc1ccccc1/C(N)=N/O. The highest BCUT2D eigenvalue weighted by atomic mass is 16.5. The van der Waals surface area contributed by atoms with Crippen molar-refractivity contribution in [1.82, 2.24) is 0 Å². The van der Waals surface area contributed by atoms with E-state index in [1.807, 2.05) is 25.1 Å². The Morgan fingerprint density at radius 2 is 2.21 bits per heavy atom. The van der Waals surface area contributed by atoms with Crippen molar-refractivity contribution in [2.24, 2.45) is 10.9 Å². The first kappa shape index (κ1) is 10.5. The summed E-state index contributed by atoms with van der Waals surface area (Å²) in [7, 11) is 0. The predicted molar refractivity (Wildman–Crippen MR) is 54.3 cm³/mol. The average Bonchev–Trinajstić information content (AvgIpc) is 2.25. The summed E-state index contributed by atoms with van der Waals surface area (Å²) in [6, 6.07) is 7.41. The molecule has 0 bridgehead atoms. The van der Waals surface area contributed by atoms with Gasteiger partial charge < -0.3 is 15.7 Å². The number of rotatable bonds is 4. The fraction of sp³-hybridized carbons (Fsp3) is 0.300. The second-order valence-corrected chi connectivity index (χ2v) is 2.78. The average molecular weight is 194 g/mol. The summed E-state index contributed by atoms with van der Waals surface area (Å²) in [6.07, 6.45) is 0. The highest BCUT2D eigenvalue weighted by Crippen LogP contribution is 2.09. The van der Waals surface area contributed by atoms with E-state index >= 15 is 0 Å². The van der Waals surface area contributed by atoms with E-state index in [4.69, 9.17) is 15.7 Å². The molecule has 1 rings (SSSR count). The maximum absolute atomic E-state index is 8.56. The maximum Gasteiger partial charge on any atom is 0.170 e. The van der Waals surface area contributed by atoms with Gasteiger partial charge in [0.05, 0.1) is 6.61 Å². The lowest BCUT2D eigenvalue weighted by Crippen LogP contribution is -2.15. The van der Waals surface area contributed by atoms with Gasteiger partial charge in [-0.25, -0.2) is 0 Å². The van der Waals surface area contributed by atoms with E-state index < -0.39 is 0 Å². The van der Waals surface area contributed by atoms with Crippen LogP contribution in [0.15, 0.2) is 29.4 Å². The van der Waals surface area contributed by atoms with Crippen LogP contribution >= 0.6 is 0 Å². The minimum atomic E-state index is 0.111. The first-order chi connectivity index (χ1) is 6.79. The molecule has 4 nitrogen and oxygen atoms in total. The monoisotopic (exact) mass is 194 g/mol. The summed E-state index contributed by atoms with van der Waals surface area (Å²) in [5.41, 5.74) is 7.14. The molecule has 0 unspecified atom stereocenters. The maximum atomic E-state index is 8.56. The van der Waals surface area contributed by atoms with Crippen molar-refractivity contribution in [3.8, 4) is 0 Å². The zero-order valence-corrected chi connectivity index (χ0v) is 8.10. The van der Waals surface area contributed by atoms with Crippen molar-refractivity contribution >= 4 is 5.84 Å². The minimum Gasteiger partial charge on any atom is -0.409 e. The van der Waals surface area contributed by atoms with Crippen molar-refractivity contribution in [3.05, 3.63) is 35.4 Å². The zero-order chi connectivity index (χ0) is 10.4. The molecule has 0 aliphatic rings. The van der Waals surface area contributed by atoms with E-state index in [0.29, 0.717) is 18.8 Å². The van der Waals surface area contributed by atoms with Crippen LogP contribution in [0, 0.1) is 0 Å². The number of benzene rings is 1. The van der Waals surface area contributed by atoms with Crippen molar-refractivity contribution in [2.45, 2.75) is 13.5 Å². The highest BCUT2D eigenvalue weighted by molar-refractivity contribution is 5.98. The molecule has 1 aromatic carbocycles. The van der Waals surface area contributed by atoms with E-state index in [1.54, 1.807) is 6.07 Å². The number of ether oxygens (including phenoxy) is 1. The molecule has 0 aromatic heterocycles. The van der Waals surface area contributed by atoms with Gasteiger partial charge in [0.15, 0.2) is 5.84 Å². The molecule has 0 aliphatic heterocycles. The van der Waals surface area contributed by atoms with Gasteiger partial charge in [-0.05, 0) is 12.5 Å². The summed E-state index contributed by atoms with van der Waals surface area (Å²) < 4.78 is 5.26. The molecule has 0 heterocycles. The molecule has 1 aromatic rings. The first-order valence-corrected chi connectivity index (χ1v) is 4.43. The number of nitrogens with zero attached hydrogens (tertiary/aromatic N) is 1. The molecule has 0 saturated heterocycles. The van der Waals surface area contributed by atoms with E-state index in [-0.39, 0.29) is 5.84 Å². The van der Waals surface area contributed by atoms with Gasteiger partial charge in [0.25, 0.3) is 0 Å². The normalized spacial score (nSPS) is 11.6. The zero-order valence-electron chi connectivity index (χ0n) is 8.10. The van der Waals surface area contributed by atoms with Gasteiger partial charge in [-0.1, -0.05) is 29.4 Å². The largest absolute Gasteiger partial charge is 0.409 e. The van der Waals surface area contributed by atoms with Gasteiger partial charge >= 0.3 is 0 Å². The van der Waals surface area contributed by atoms with Gasteiger partial charge in [-0.2, -0.15) is 0 Å². The topological polar surface area (TPSA) is 67.8 Å². The van der Waals surface area contributed by atoms with Crippen molar-refractivity contribution < 1.29 is 9.94 Å². The molecular weight excluding hydrogens is 180 g/mol. The highest BCUT2D eigenvalue weighted by Gasteiger charge is 2.05. The van der Waals surface area contributed by atoms with Crippen LogP contribution in [0.2, 0.25) is 0 Å². The summed E-state index contributed by atoms with van der Waals surface area (Å²) >= 11 is 0. The molecule has 0 aliphatic carbocycles. The lowest BCUT2D eigenvalue weighted by Gasteiger charge is -2.07. The molecule has 0 fully saturated rings. The smallest absolute Gasteiger partial charge is 0.170 e. The van der Waals surface area contributed by atoms with E-state index in [0.717, 1.165) is 5.56 Å². The first-order valence-electron chi connectivity index (χ1n) is 4.43. The van der Waals surface area contributed by atoms with Gasteiger partial charge in [-0.3, -0.25) is 0 Å². The number of nitrogens with two attached hydrogens (primary N) is 1. The quantitative estimate of drug-likeness (QED) is 0.329. The third kappa shape index (κ3) is 2.47. The Hall–Kier alpha value is -1.55. The summed E-state index contributed by atoms with van der Waals surface area (Å²) in [6.45, 7) is 3.04. The molecular formula is C10H14N2O2. The number of oxime groups is 1. The Bertz CT molecular complexity index is 324. The Labute approximate surface area is 83.0 Å². The predicted octanol–water partition coefficient (Wildman–Crippen LogP) is 1.32. The van der Waals surface area contributed by atoms with Crippen LogP contribution in [-0.4, -0.2) is 17.6 Å². The van der Waals surface area contributed by atoms with Gasteiger partial charge in [0, 0.05) is 12.2 Å². The Morgan fingerprint density at radius 1 is 1.50 bits per heavy atom. The summed E-state index contributed by atoms with van der Waals surface area (Å²) in [5.74, 6) is 0.111. The van der Waals surface area contributed by atoms with Crippen LogP contribution in [0.4, 0.5) is 0 Å². The van der Waals surface area contributed by atoms with Crippen LogP contribution in [0.1, 0.15) is 18.1 Å². The van der Waals surface area contributed by atoms with Crippen molar-refractivity contribution in [3.63, 3.8) is 0 Å². The lowest BCUT2D eigenvalue weighted by molar-refractivity contribution is 0.134. The van der Waals surface area contributed by atoms with Crippen LogP contribution in [-0.2, 0) is 11.3 Å². The molecule has 4 heteroatoms. The van der Waals surface area contributed by atoms with Crippen molar-refractivity contribution in [1.29, 1.82) is 0 Å². The minimum absolute atomic E-state index is 0.111. The summed E-state index contributed by atoms with van der Waals surface area (Å²) in [4.78, 5) is 0. The van der Waals surface area contributed by atoms with Crippen LogP contribution in [0.5, 0.6) is 0 Å². The second-order valence-electron chi connectivity index (χ2n) is 2.78. The molecule has 0 spiro atoms. The third-order valence-electron chi connectivity index (χ3n) is 1.86. The van der Waals surface area contributed by atoms with E-state index in [1.165, 1.54) is 0 Å². The number of hydrogen-bond donors (Lipinski definition) is 2. The Kier molecular flexibility index (Phi) is 3.94. The fourth-order valence-corrected chi connectivity index (χ4v) is 1.16. The van der Waals surface area contributed by atoms with E-state index in [2.05, 4.69) is 5.16 Å². The van der Waals surface area contributed by atoms with Crippen LogP contribution in [0.25, 0.3) is 0 Å². The number of amidine groups is 1. The standard InChI is InChI=1S/C10H14N2O2/c1-2-14-7-8-5-3-4-6-9(8)10(11)12-13/h3-6,13H,2,7H2,1H3,(H2,11,12). The molecule has 0 radical (unpaired) electrons. The molecule has 0 amide bonds. The summed E-state index contributed by atoms with van der Waals surface area (Å²) in [5, 5.41) is 11.5. The van der Waals surface area contributed by atoms with Crippen molar-refractivity contribution in [2.75, 3.05) is 6.61 Å².